The van der Waals surface area contributed by atoms with Crippen molar-refractivity contribution in [2.24, 2.45) is 0 Å². The molecule has 0 aliphatic heterocycles. The van der Waals surface area contributed by atoms with Crippen molar-refractivity contribution < 1.29 is 18.0 Å². The summed E-state index contributed by atoms with van der Waals surface area (Å²) in [6.07, 6.45) is 6.04. The number of halogens is 3. The highest BCUT2D eigenvalue weighted by Gasteiger charge is 2.16. The first-order chi connectivity index (χ1) is 10.1. The number of carbonyl (C=O) groups excluding carboxylic acids is 1. The number of hydrogen-bond acceptors (Lipinski definition) is 2. The number of rotatable bonds is 5. The molecule has 6 heteroatoms. The summed E-state index contributed by atoms with van der Waals surface area (Å²) >= 11 is 0. The van der Waals surface area contributed by atoms with Gasteiger partial charge < -0.3 is 10.6 Å². The second kappa shape index (κ2) is 7.45. The Balaban J connectivity index is 1.78. The minimum absolute atomic E-state index is 0.162. The van der Waals surface area contributed by atoms with Crippen LogP contribution in [-0.4, -0.2) is 18.5 Å². The number of hydrogen-bond donors (Lipinski definition) is 2. The molecule has 3 nitrogen and oxygen atoms in total. The summed E-state index contributed by atoms with van der Waals surface area (Å²) in [6.45, 7) is 0.488. The van der Waals surface area contributed by atoms with Crippen molar-refractivity contribution in [2.45, 2.75) is 44.6 Å². The third-order valence-electron chi connectivity index (χ3n) is 3.70. The van der Waals surface area contributed by atoms with Gasteiger partial charge in [-0.1, -0.05) is 19.3 Å². The summed E-state index contributed by atoms with van der Waals surface area (Å²) in [4.78, 5) is 11.7. The van der Waals surface area contributed by atoms with Crippen LogP contribution in [0.2, 0.25) is 0 Å². The topological polar surface area (TPSA) is 41.1 Å². The van der Waals surface area contributed by atoms with Crippen molar-refractivity contribution in [2.75, 3.05) is 11.9 Å². The summed E-state index contributed by atoms with van der Waals surface area (Å²) in [7, 11) is 0. The van der Waals surface area contributed by atoms with Gasteiger partial charge in [0.05, 0.1) is 5.69 Å². The maximum atomic E-state index is 13.4. The Labute approximate surface area is 121 Å². The fraction of sp³-hybridized carbons (Fsp3) is 0.533. The quantitative estimate of drug-likeness (QED) is 0.819. The van der Waals surface area contributed by atoms with Crippen LogP contribution < -0.4 is 10.6 Å². The predicted molar refractivity (Wildman–Crippen MR) is 74.4 cm³/mol. The Kier molecular flexibility index (Phi) is 5.61. The van der Waals surface area contributed by atoms with Crippen LogP contribution in [-0.2, 0) is 4.79 Å². The lowest BCUT2D eigenvalue weighted by atomic mass is 9.95. The van der Waals surface area contributed by atoms with Crippen molar-refractivity contribution in [1.29, 1.82) is 0 Å². The van der Waals surface area contributed by atoms with Crippen LogP contribution in [0.25, 0.3) is 0 Å². The van der Waals surface area contributed by atoms with E-state index in [1.807, 2.05) is 0 Å². The van der Waals surface area contributed by atoms with Crippen LogP contribution in [0, 0.1) is 17.5 Å². The minimum atomic E-state index is -1.58. The van der Waals surface area contributed by atoms with Crippen LogP contribution in [0.4, 0.5) is 18.9 Å². The molecule has 1 amide bonds. The van der Waals surface area contributed by atoms with Gasteiger partial charge in [0.25, 0.3) is 0 Å². The maximum Gasteiger partial charge on any atom is 0.225 e. The fourth-order valence-corrected chi connectivity index (χ4v) is 2.53. The molecule has 1 aliphatic rings. The molecule has 2 N–H and O–H groups in total. The predicted octanol–water partition coefficient (Wildman–Crippen LogP) is 3.35. The summed E-state index contributed by atoms with van der Waals surface area (Å²) in [5.41, 5.74) is -0.337. The minimum Gasteiger partial charge on any atom is -0.323 e. The number of nitrogens with one attached hydrogen (secondary N) is 2. The van der Waals surface area contributed by atoms with Gasteiger partial charge in [-0.15, -0.1) is 0 Å². The SMILES string of the molecule is O=C(CCNC1CCCCC1)Nc1ccc(F)c(F)c1F. The highest BCUT2D eigenvalue weighted by atomic mass is 19.2. The van der Waals surface area contributed by atoms with Gasteiger partial charge in [0.1, 0.15) is 0 Å². The van der Waals surface area contributed by atoms with E-state index in [-0.39, 0.29) is 12.1 Å². The van der Waals surface area contributed by atoms with E-state index in [0.29, 0.717) is 12.6 Å². The van der Waals surface area contributed by atoms with E-state index in [9.17, 15) is 18.0 Å². The number of carbonyl (C=O) groups is 1. The second-order valence-electron chi connectivity index (χ2n) is 5.31. The fourth-order valence-electron chi connectivity index (χ4n) is 2.53. The zero-order valence-electron chi connectivity index (χ0n) is 11.7. The zero-order chi connectivity index (χ0) is 15.2. The molecule has 1 saturated carbocycles. The number of amides is 1. The molecule has 0 spiro atoms. The van der Waals surface area contributed by atoms with E-state index in [1.165, 1.54) is 19.3 Å². The van der Waals surface area contributed by atoms with Gasteiger partial charge in [-0.2, -0.15) is 0 Å². The number of anilines is 1. The second-order valence-corrected chi connectivity index (χ2v) is 5.31. The van der Waals surface area contributed by atoms with Gasteiger partial charge in [-0.05, 0) is 25.0 Å². The van der Waals surface area contributed by atoms with Crippen LogP contribution in [0.15, 0.2) is 12.1 Å². The van der Waals surface area contributed by atoms with Gasteiger partial charge in [0.15, 0.2) is 17.5 Å². The van der Waals surface area contributed by atoms with E-state index >= 15 is 0 Å². The first-order valence-corrected chi connectivity index (χ1v) is 7.24. The standard InChI is InChI=1S/C15H19F3N2O/c16-11-6-7-12(15(18)14(11)17)20-13(21)8-9-19-10-4-2-1-3-5-10/h6-7,10,19H,1-5,8-9H2,(H,20,21). The van der Waals surface area contributed by atoms with Crippen LogP contribution in [0.3, 0.4) is 0 Å². The molecule has 116 valence electrons. The first kappa shape index (κ1) is 15.8. The Hall–Kier alpha value is -1.56. The highest BCUT2D eigenvalue weighted by molar-refractivity contribution is 5.90. The van der Waals surface area contributed by atoms with E-state index in [1.54, 1.807) is 0 Å². The summed E-state index contributed by atoms with van der Waals surface area (Å²) in [5.74, 6) is -4.65. The first-order valence-electron chi connectivity index (χ1n) is 7.24. The lowest BCUT2D eigenvalue weighted by Gasteiger charge is -2.22. The van der Waals surface area contributed by atoms with Crippen molar-refractivity contribution in [3.8, 4) is 0 Å². The monoisotopic (exact) mass is 300 g/mol. The lowest BCUT2D eigenvalue weighted by Crippen LogP contribution is -2.33. The van der Waals surface area contributed by atoms with Crippen molar-refractivity contribution >= 4 is 11.6 Å². The molecule has 21 heavy (non-hydrogen) atoms. The maximum absolute atomic E-state index is 13.4. The van der Waals surface area contributed by atoms with Crippen LogP contribution in [0.1, 0.15) is 38.5 Å². The van der Waals surface area contributed by atoms with E-state index in [2.05, 4.69) is 10.6 Å². The normalized spacial score (nSPS) is 16.0. The Morgan fingerprint density at radius 1 is 1.10 bits per heavy atom. The summed E-state index contributed by atoms with van der Waals surface area (Å²) in [5, 5.41) is 5.54. The van der Waals surface area contributed by atoms with Crippen molar-refractivity contribution in [3.63, 3.8) is 0 Å². The van der Waals surface area contributed by atoms with Gasteiger partial charge in [0.2, 0.25) is 5.91 Å². The van der Waals surface area contributed by atoms with Gasteiger partial charge in [-0.3, -0.25) is 4.79 Å². The lowest BCUT2D eigenvalue weighted by molar-refractivity contribution is -0.116. The van der Waals surface area contributed by atoms with Gasteiger partial charge in [-0.25, -0.2) is 13.2 Å². The molecule has 0 heterocycles. The van der Waals surface area contributed by atoms with E-state index in [0.717, 1.165) is 25.0 Å². The molecular weight excluding hydrogens is 281 g/mol. The molecule has 1 fully saturated rings. The summed E-state index contributed by atoms with van der Waals surface area (Å²) < 4.78 is 39.2. The van der Waals surface area contributed by atoms with Crippen LogP contribution in [0.5, 0.6) is 0 Å². The van der Waals surface area contributed by atoms with E-state index < -0.39 is 23.4 Å². The largest absolute Gasteiger partial charge is 0.323 e. The van der Waals surface area contributed by atoms with Gasteiger partial charge >= 0.3 is 0 Å². The zero-order valence-corrected chi connectivity index (χ0v) is 11.7. The molecule has 0 unspecified atom stereocenters. The average Bonchev–Trinajstić information content (AvgIpc) is 2.49. The van der Waals surface area contributed by atoms with Crippen LogP contribution >= 0.6 is 0 Å². The van der Waals surface area contributed by atoms with Crippen molar-refractivity contribution in [3.05, 3.63) is 29.6 Å². The molecule has 0 aromatic heterocycles. The molecule has 0 atom stereocenters. The number of benzene rings is 1. The Morgan fingerprint density at radius 2 is 1.81 bits per heavy atom. The molecule has 0 saturated heterocycles. The molecular formula is C15H19F3N2O. The average molecular weight is 300 g/mol. The highest BCUT2D eigenvalue weighted by Crippen LogP contribution is 2.20. The van der Waals surface area contributed by atoms with Gasteiger partial charge in [0, 0.05) is 19.0 Å². The Morgan fingerprint density at radius 3 is 2.52 bits per heavy atom. The summed E-state index contributed by atoms with van der Waals surface area (Å²) in [6, 6.07) is 2.24. The molecule has 1 aromatic carbocycles. The molecule has 1 aliphatic carbocycles. The smallest absolute Gasteiger partial charge is 0.225 e. The van der Waals surface area contributed by atoms with E-state index in [4.69, 9.17) is 0 Å². The third-order valence-corrected chi connectivity index (χ3v) is 3.70. The molecule has 1 aromatic rings. The Bertz CT molecular complexity index is 502. The molecule has 0 bridgehead atoms. The third kappa shape index (κ3) is 4.46. The molecule has 2 rings (SSSR count). The molecule has 0 radical (unpaired) electrons. The van der Waals surface area contributed by atoms with Crippen molar-refractivity contribution in [1.82, 2.24) is 5.32 Å².